The molecule has 0 radical (unpaired) electrons. The Balaban J connectivity index is 2.00. The maximum absolute atomic E-state index is 10.6. The van der Waals surface area contributed by atoms with Crippen molar-refractivity contribution in [1.29, 1.82) is 0 Å². The van der Waals surface area contributed by atoms with Gasteiger partial charge in [-0.25, -0.2) is 0 Å². The molecular weight excluding hydrogens is 328 g/mol. The molecule has 1 aliphatic heterocycles. The summed E-state index contributed by atoms with van der Waals surface area (Å²) in [5.41, 5.74) is 1.17. The highest BCUT2D eigenvalue weighted by molar-refractivity contribution is 9.10. The first-order valence-electron chi connectivity index (χ1n) is 7.77. The molecule has 0 aromatic heterocycles. The zero-order valence-corrected chi connectivity index (χ0v) is 15.0. The minimum absolute atomic E-state index is 0.238. The second-order valence-corrected chi connectivity index (χ2v) is 9.46. The van der Waals surface area contributed by atoms with E-state index in [-0.39, 0.29) is 16.4 Å². The van der Waals surface area contributed by atoms with Crippen LogP contribution in [0.1, 0.15) is 65.0 Å². The molecule has 1 saturated carbocycles. The molecule has 0 saturated heterocycles. The molecule has 21 heavy (non-hydrogen) atoms. The average Bonchev–Trinajstić information content (AvgIpc) is 2.22. The van der Waals surface area contributed by atoms with Gasteiger partial charge in [0.25, 0.3) is 0 Å². The van der Waals surface area contributed by atoms with E-state index < -0.39 is 6.10 Å². The average molecular weight is 353 g/mol. The fourth-order valence-corrected chi connectivity index (χ4v) is 5.39. The largest absolute Gasteiger partial charge is 0.487 e. The van der Waals surface area contributed by atoms with Crippen molar-refractivity contribution in [2.75, 3.05) is 0 Å². The van der Waals surface area contributed by atoms with Crippen molar-refractivity contribution in [2.45, 2.75) is 65.1 Å². The van der Waals surface area contributed by atoms with Crippen LogP contribution in [0.5, 0.6) is 5.75 Å². The van der Waals surface area contributed by atoms with Crippen LogP contribution in [0.2, 0.25) is 0 Å². The van der Waals surface area contributed by atoms with Crippen molar-refractivity contribution in [3.05, 3.63) is 28.2 Å². The molecule has 3 heteroatoms. The van der Waals surface area contributed by atoms with E-state index in [4.69, 9.17) is 4.74 Å². The molecule has 0 bridgehead atoms. The Bertz CT molecular complexity index is 546. The number of aliphatic hydroxyl groups is 1. The highest BCUT2D eigenvalue weighted by Crippen LogP contribution is 2.56. The van der Waals surface area contributed by atoms with Crippen molar-refractivity contribution >= 4 is 15.9 Å². The lowest BCUT2D eigenvalue weighted by Crippen LogP contribution is -2.52. The summed E-state index contributed by atoms with van der Waals surface area (Å²) in [5, 5.41) is 10.6. The normalized spacial score (nSPS) is 28.8. The Morgan fingerprint density at radius 3 is 2.33 bits per heavy atom. The van der Waals surface area contributed by atoms with Gasteiger partial charge in [-0.3, -0.25) is 0 Å². The lowest BCUT2D eigenvalue weighted by Gasteiger charge is -2.54. The van der Waals surface area contributed by atoms with Gasteiger partial charge in [0.05, 0.1) is 6.10 Å². The van der Waals surface area contributed by atoms with Crippen LogP contribution in [0.15, 0.2) is 22.7 Å². The summed E-state index contributed by atoms with van der Waals surface area (Å²) >= 11 is 3.51. The van der Waals surface area contributed by atoms with E-state index >= 15 is 0 Å². The maximum Gasteiger partial charge on any atom is 0.127 e. The van der Waals surface area contributed by atoms with Crippen LogP contribution < -0.4 is 4.74 Å². The smallest absolute Gasteiger partial charge is 0.127 e. The lowest BCUT2D eigenvalue weighted by molar-refractivity contribution is -0.104. The van der Waals surface area contributed by atoms with Gasteiger partial charge in [-0.1, -0.05) is 49.7 Å². The molecule has 1 aliphatic carbocycles. The Morgan fingerprint density at radius 1 is 1.10 bits per heavy atom. The monoisotopic (exact) mass is 352 g/mol. The second-order valence-electron chi connectivity index (χ2n) is 8.55. The fourth-order valence-electron chi connectivity index (χ4n) is 5.05. The van der Waals surface area contributed by atoms with Crippen LogP contribution in [0, 0.1) is 10.8 Å². The van der Waals surface area contributed by atoms with E-state index in [2.05, 4.69) is 43.6 Å². The van der Waals surface area contributed by atoms with Crippen molar-refractivity contribution in [1.82, 2.24) is 0 Å². The number of halogens is 1. The molecule has 1 unspecified atom stereocenters. The first-order chi connectivity index (χ1) is 9.60. The molecule has 3 rings (SSSR count). The minimum Gasteiger partial charge on any atom is -0.487 e. The summed E-state index contributed by atoms with van der Waals surface area (Å²) in [4.78, 5) is 0. The van der Waals surface area contributed by atoms with E-state index in [1.54, 1.807) is 0 Å². The molecule has 1 heterocycles. The molecule has 116 valence electrons. The fraction of sp³-hybridized carbons (Fsp3) is 0.667. The predicted octanol–water partition coefficient (Wildman–Crippen LogP) is 5.24. The number of hydrogen-bond donors (Lipinski definition) is 1. The molecule has 0 amide bonds. The van der Waals surface area contributed by atoms with Crippen LogP contribution in [0.4, 0.5) is 0 Å². The number of rotatable bonds is 0. The Labute approximate surface area is 136 Å². The van der Waals surface area contributed by atoms with Crippen molar-refractivity contribution in [3.8, 4) is 5.75 Å². The zero-order valence-electron chi connectivity index (χ0n) is 13.4. The van der Waals surface area contributed by atoms with E-state index in [0.29, 0.717) is 6.42 Å². The molecule has 2 aliphatic rings. The summed E-state index contributed by atoms with van der Waals surface area (Å²) in [6, 6.07) is 5.93. The highest BCUT2D eigenvalue weighted by atomic mass is 79.9. The van der Waals surface area contributed by atoms with E-state index in [0.717, 1.165) is 28.6 Å². The van der Waals surface area contributed by atoms with Crippen LogP contribution >= 0.6 is 15.9 Å². The van der Waals surface area contributed by atoms with Gasteiger partial charge in [0.15, 0.2) is 0 Å². The summed E-state index contributed by atoms with van der Waals surface area (Å²) in [5.74, 6) is 0.844. The summed E-state index contributed by atoms with van der Waals surface area (Å²) in [6.07, 6.45) is 3.49. The van der Waals surface area contributed by atoms with Gasteiger partial charge in [-0.2, -0.15) is 0 Å². The number of fused-ring (bicyclic) bond motifs is 1. The van der Waals surface area contributed by atoms with Crippen LogP contribution in [-0.2, 0) is 0 Å². The van der Waals surface area contributed by atoms with E-state index in [9.17, 15) is 5.11 Å². The van der Waals surface area contributed by atoms with Gasteiger partial charge in [0.1, 0.15) is 11.4 Å². The van der Waals surface area contributed by atoms with Gasteiger partial charge in [-0.05, 0) is 42.2 Å². The topological polar surface area (TPSA) is 29.5 Å². The lowest BCUT2D eigenvalue weighted by atomic mass is 9.58. The van der Waals surface area contributed by atoms with Gasteiger partial charge in [0, 0.05) is 16.5 Å². The second kappa shape index (κ2) is 4.73. The van der Waals surface area contributed by atoms with Gasteiger partial charge >= 0.3 is 0 Å². The van der Waals surface area contributed by atoms with Gasteiger partial charge in [-0.15, -0.1) is 0 Å². The van der Waals surface area contributed by atoms with Gasteiger partial charge in [0.2, 0.25) is 0 Å². The van der Waals surface area contributed by atoms with Crippen molar-refractivity contribution in [2.24, 2.45) is 10.8 Å². The molecule has 1 fully saturated rings. The van der Waals surface area contributed by atoms with E-state index in [1.807, 2.05) is 18.2 Å². The number of ether oxygens (including phenoxy) is 1. The minimum atomic E-state index is -0.424. The first kappa shape index (κ1) is 15.4. The third kappa shape index (κ3) is 3.00. The molecular formula is C18H25BrO2. The van der Waals surface area contributed by atoms with Crippen molar-refractivity contribution < 1.29 is 9.84 Å². The standard InChI is InChI=1S/C18H25BrO2/c1-16(2)9-17(3,4)11-18(10-16)8-14(20)13-6-5-12(19)7-15(13)21-18/h5-7,14,20H,8-11H2,1-4H3. The summed E-state index contributed by atoms with van der Waals surface area (Å²) in [6.45, 7) is 9.29. The summed E-state index contributed by atoms with van der Waals surface area (Å²) < 4.78 is 7.49. The van der Waals surface area contributed by atoms with Crippen LogP contribution in [0.25, 0.3) is 0 Å². The van der Waals surface area contributed by atoms with Crippen LogP contribution in [-0.4, -0.2) is 10.7 Å². The number of benzene rings is 1. The SMILES string of the molecule is CC1(C)CC(C)(C)CC2(CC(O)c3ccc(Br)cc3O2)C1. The van der Waals surface area contributed by atoms with Gasteiger partial charge < -0.3 is 9.84 Å². The maximum atomic E-state index is 10.6. The first-order valence-corrected chi connectivity index (χ1v) is 8.56. The number of aliphatic hydroxyl groups excluding tert-OH is 1. The third-order valence-electron chi connectivity index (χ3n) is 4.78. The Hall–Kier alpha value is -0.540. The molecule has 2 nitrogen and oxygen atoms in total. The number of hydrogen-bond acceptors (Lipinski definition) is 2. The molecule has 1 aromatic carbocycles. The highest BCUT2D eigenvalue weighted by Gasteiger charge is 2.51. The Morgan fingerprint density at radius 2 is 1.71 bits per heavy atom. The predicted molar refractivity (Wildman–Crippen MR) is 88.5 cm³/mol. The molecule has 1 N–H and O–H groups in total. The molecule has 1 aromatic rings. The summed E-state index contributed by atoms with van der Waals surface area (Å²) in [7, 11) is 0. The molecule has 1 atom stereocenters. The zero-order chi connectivity index (χ0) is 15.5. The van der Waals surface area contributed by atoms with Crippen molar-refractivity contribution in [3.63, 3.8) is 0 Å². The molecule has 1 spiro atoms. The Kier molecular flexibility index (Phi) is 3.46. The third-order valence-corrected chi connectivity index (χ3v) is 5.28. The van der Waals surface area contributed by atoms with E-state index in [1.165, 1.54) is 6.42 Å². The van der Waals surface area contributed by atoms with Crippen LogP contribution in [0.3, 0.4) is 0 Å². The quantitative estimate of drug-likeness (QED) is 0.691.